The van der Waals surface area contributed by atoms with Gasteiger partial charge in [-0.25, -0.2) is 4.98 Å². The van der Waals surface area contributed by atoms with Crippen LogP contribution in [0.15, 0.2) is 24.5 Å². The van der Waals surface area contributed by atoms with E-state index in [0.29, 0.717) is 5.82 Å². The summed E-state index contributed by atoms with van der Waals surface area (Å²) in [5.74, 6) is -0.250. The Morgan fingerprint density at radius 2 is 2.00 bits per heavy atom. The molecule has 0 aliphatic carbocycles. The third-order valence-corrected chi connectivity index (χ3v) is 2.05. The summed E-state index contributed by atoms with van der Waals surface area (Å²) >= 11 is 0. The molecule has 0 unspecified atom stereocenters. The van der Waals surface area contributed by atoms with Crippen molar-refractivity contribution >= 4 is 5.91 Å². The number of rotatable bonds is 3. The molecule has 1 aromatic carbocycles. The first-order valence-electron chi connectivity index (χ1n) is 4.80. The highest BCUT2D eigenvalue weighted by Gasteiger charge is 2.08. The van der Waals surface area contributed by atoms with Gasteiger partial charge in [0.15, 0.2) is 0 Å². The fourth-order valence-corrected chi connectivity index (χ4v) is 1.31. The van der Waals surface area contributed by atoms with Gasteiger partial charge in [-0.1, -0.05) is 0 Å². The predicted molar refractivity (Wildman–Crippen MR) is 57.3 cm³/mol. The molecule has 0 saturated heterocycles. The summed E-state index contributed by atoms with van der Waals surface area (Å²) in [5, 5.41) is 27.2. The van der Waals surface area contributed by atoms with Crippen molar-refractivity contribution in [3.63, 3.8) is 0 Å². The summed E-state index contributed by atoms with van der Waals surface area (Å²) in [7, 11) is 0. The fourth-order valence-electron chi connectivity index (χ4n) is 1.31. The number of nitrogens with one attached hydrogen (secondary N) is 2. The molecular formula is C10H10N4O3. The maximum atomic E-state index is 11.6. The number of phenolic OH excluding ortho intramolecular Hbond substituents is 2. The highest BCUT2D eigenvalue weighted by molar-refractivity contribution is 5.94. The summed E-state index contributed by atoms with van der Waals surface area (Å²) in [6, 6.07) is 3.66. The second-order valence-electron chi connectivity index (χ2n) is 3.35. The van der Waals surface area contributed by atoms with Crippen molar-refractivity contribution in [3.05, 3.63) is 35.9 Å². The zero-order valence-corrected chi connectivity index (χ0v) is 8.71. The molecule has 0 spiro atoms. The van der Waals surface area contributed by atoms with Crippen LogP contribution in [-0.2, 0) is 6.54 Å². The van der Waals surface area contributed by atoms with Crippen LogP contribution in [0.5, 0.6) is 11.5 Å². The van der Waals surface area contributed by atoms with Gasteiger partial charge in [0.2, 0.25) is 0 Å². The van der Waals surface area contributed by atoms with E-state index in [1.807, 2.05) is 0 Å². The lowest BCUT2D eigenvalue weighted by Crippen LogP contribution is -2.23. The number of aromatic nitrogens is 3. The number of hydrogen-bond donors (Lipinski definition) is 4. The number of hydrogen-bond acceptors (Lipinski definition) is 5. The van der Waals surface area contributed by atoms with E-state index in [4.69, 9.17) is 0 Å². The number of carbonyl (C=O) groups excluding carboxylic acids is 1. The van der Waals surface area contributed by atoms with Crippen molar-refractivity contribution in [2.45, 2.75) is 6.54 Å². The van der Waals surface area contributed by atoms with Gasteiger partial charge in [-0.15, -0.1) is 0 Å². The van der Waals surface area contributed by atoms with Crippen LogP contribution in [-0.4, -0.2) is 31.3 Å². The molecule has 7 nitrogen and oxygen atoms in total. The van der Waals surface area contributed by atoms with Gasteiger partial charge < -0.3 is 15.5 Å². The summed E-state index contributed by atoms with van der Waals surface area (Å²) in [6.07, 6.45) is 1.33. The highest BCUT2D eigenvalue weighted by Crippen LogP contribution is 2.20. The third kappa shape index (κ3) is 2.71. The summed E-state index contributed by atoms with van der Waals surface area (Å²) in [5.41, 5.74) is 0.169. The van der Waals surface area contributed by atoms with Crippen molar-refractivity contribution in [3.8, 4) is 11.5 Å². The van der Waals surface area contributed by atoms with Crippen molar-refractivity contribution in [2.24, 2.45) is 0 Å². The number of aromatic hydroxyl groups is 2. The molecule has 0 bridgehead atoms. The molecule has 1 heterocycles. The zero-order valence-electron chi connectivity index (χ0n) is 8.71. The first-order chi connectivity index (χ1) is 8.15. The largest absolute Gasteiger partial charge is 0.508 e. The second kappa shape index (κ2) is 4.52. The van der Waals surface area contributed by atoms with Crippen LogP contribution in [0, 0.1) is 0 Å². The first-order valence-corrected chi connectivity index (χ1v) is 4.80. The molecule has 0 aliphatic heterocycles. The van der Waals surface area contributed by atoms with E-state index in [2.05, 4.69) is 20.5 Å². The van der Waals surface area contributed by atoms with Crippen LogP contribution in [0.4, 0.5) is 0 Å². The molecule has 0 saturated carbocycles. The van der Waals surface area contributed by atoms with Crippen molar-refractivity contribution in [2.75, 3.05) is 0 Å². The van der Waals surface area contributed by atoms with Crippen molar-refractivity contribution in [1.29, 1.82) is 0 Å². The minimum atomic E-state index is -0.424. The van der Waals surface area contributed by atoms with Gasteiger partial charge in [0, 0.05) is 11.6 Å². The molecule has 2 rings (SSSR count). The molecule has 88 valence electrons. The average Bonchev–Trinajstić information content (AvgIpc) is 2.77. The number of carbonyl (C=O) groups is 1. The Labute approximate surface area is 96.1 Å². The monoisotopic (exact) mass is 234 g/mol. The van der Waals surface area contributed by atoms with E-state index in [-0.39, 0.29) is 23.6 Å². The van der Waals surface area contributed by atoms with Gasteiger partial charge in [-0.05, 0) is 12.1 Å². The summed E-state index contributed by atoms with van der Waals surface area (Å²) in [6.45, 7) is 0.190. The van der Waals surface area contributed by atoms with Gasteiger partial charge in [-0.3, -0.25) is 9.89 Å². The Morgan fingerprint density at radius 1 is 1.29 bits per heavy atom. The first kappa shape index (κ1) is 10.9. The number of H-pyrrole nitrogens is 1. The van der Waals surface area contributed by atoms with Gasteiger partial charge >= 0.3 is 0 Å². The minimum Gasteiger partial charge on any atom is -0.508 e. The van der Waals surface area contributed by atoms with Gasteiger partial charge in [-0.2, -0.15) is 5.10 Å². The molecule has 0 radical (unpaired) electrons. The quantitative estimate of drug-likeness (QED) is 0.604. The smallest absolute Gasteiger partial charge is 0.251 e. The molecule has 4 N–H and O–H groups in total. The normalized spacial score (nSPS) is 10.1. The van der Waals surface area contributed by atoms with E-state index in [0.717, 1.165) is 6.07 Å². The molecule has 7 heteroatoms. The third-order valence-electron chi connectivity index (χ3n) is 2.05. The number of phenols is 2. The Morgan fingerprint density at radius 3 is 2.59 bits per heavy atom. The Kier molecular flexibility index (Phi) is 2.91. The van der Waals surface area contributed by atoms with E-state index >= 15 is 0 Å². The molecule has 0 atom stereocenters. The Balaban J connectivity index is 2.04. The molecule has 17 heavy (non-hydrogen) atoms. The van der Waals surface area contributed by atoms with Crippen LogP contribution in [0.25, 0.3) is 0 Å². The van der Waals surface area contributed by atoms with Gasteiger partial charge in [0.05, 0.1) is 6.54 Å². The Hall–Kier alpha value is -2.57. The van der Waals surface area contributed by atoms with E-state index in [1.165, 1.54) is 18.5 Å². The molecule has 0 fully saturated rings. The van der Waals surface area contributed by atoms with Crippen LogP contribution in [0.2, 0.25) is 0 Å². The van der Waals surface area contributed by atoms with Crippen LogP contribution in [0.1, 0.15) is 16.2 Å². The summed E-state index contributed by atoms with van der Waals surface area (Å²) in [4.78, 5) is 15.5. The molecule has 1 aromatic heterocycles. The Bertz CT molecular complexity index is 504. The van der Waals surface area contributed by atoms with Crippen LogP contribution >= 0.6 is 0 Å². The maximum absolute atomic E-state index is 11.6. The van der Waals surface area contributed by atoms with E-state index in [1.54, 1.807) is 0 Å². The summed E-state index contributed by atoms with van der Waals surface area (Å²) < 4.78 is 0. The highest BCUT2D eigenvalue weighted by atomic mass is 16.3. The zero-order chi connectivity index (χ0) is 12.3. The topological polar surface area (TPSA) is 111 Å². The molecule has 1 amide bonds. The SMILES string of the molecule is O=C(NCc1ncn[nH]1)c1cc(O)cc(O)c1. The lowest BCUT2D eigenvalue weighted by atomic mass is 10.2. The number of amides is 1. The molecular weight excluding hydrogens is 224 g/mol. The molecule has 2 aromatic rings. The standard InChI is InChI=1S/C10H10N4O3/c15-7-1-6(2-8(16)3-7)10(17)11-4-9-12-5-13-14-9/h1-3,5,15-16H,4H2,(H,11,17)(H,12,13,14). The molecule has 0 aliphatic rings. The van der Waals surface area contributed by atoms with E-state index in [9.17, 15) is 15.0 Å². The van der Waals surface area contributed by atoms with Crippen LogP contribution in [0.3, 0.4) is 0 Å². The van der Waals surface area contributed by atoms with Crippen molar-refractivity contribution in [1.82, 2.24) is 20.5 Å². The number of aromatic amines is 1. The minimum absolute atomic E-state index is 0.169. The number of benzene rings is 1. The average molecular weight is 234 g/mol. The van der Waals surface area contributed by atoms with E-state index < -0.39 is 5.91 Å². The second-order valence-corrected chi connectivity index (χ2v) is 3.35. The van der Waals surface area contributed by atoms with Crippen molar-refractivity contribution < 1.29 is 15.0 Å². The van der Waals surface area contributed by atoms with Gasteiger partial charge in [0.1, 0.15) is 23.7 Å². The van der Waals surface area contributed by atoms with Gasteiger partial charge in [0.25, 0.3) is 5.91 Å². The lowest BCUT2D eigenvalue weighted by Gasteiger charge is -2.04. The maximum Gasteiger partial charge on any atom is 0.251 e. The predicted octanol–water partition coefficient (Wildman–Crippen LogP) is 0.146. The van der Waals surface area contributed by atoms with Crippen LogP contribution < -0.4 is 5.32 Å². The fraction of sp³-hybridized carbons (Fsp3) is 0.100. The lowest BCUT2D eigenvalue weighted by molar-refractivity contribution is 0.0949. The number of nitrogens with zero attached hydrogens (tertiary/aromatic N) is 2.